The fraction of sp³-hybridized carbons (Fsp3) is 0.250. The SMILES string of the molecule is Cc1nn(-c2ccnc(Cc3cc(F)cc(C(F)(F)F)c3)c2)cc1C(=O)NCCO. The molecule has 0 unspecified atom stereocenters. The molecule has 1 aromatic carbocycles. The van der Waals surface area contributed by atoms with E-state index in [0.29, 0.717) is 28.7 Å². The van der Waals surface area contributed by atoms with Gasteiger partial charge in [-0.2, -0.15) is 18.3 Å². The zero-order chi connectivity index (χ0) is 21.9. The summed E-state index contributed by atoms with van der Waals surface area (Å²) in [6.07, 6.45) is -1.70. The average Bonchev–Trinajstić information content (AvgIpc) is 3.07. The Kier molecular flexibility index (Phi) is 6.16. The lowest BCUT2D eigenvalue weighted by molar-refractivity contribution is -0.137. The molecule has 2 N–H and O–H groups in total. The number of amides is 1. The first kappa shape index (κ1) is 21.4. The van der Waals surface area contributed by atoms with Crippen molar-refractivity contribution >= 4 is 5.91 Å². The number of pyridine rings is 1. The van der Waals surface area contributed by atoms with Gasteiger partial charge in [-0.3, -0.25) is 9.78 Å². The summed E-state index contributed by atoms with van der Waals surface area (Å²) in [5, 5.41) is 15.6. The Labute approximate surface area is 169 Å². The maximum absolute atomic E-state index is 13.6. The van der Waals surface area contributed by atoms with Crippen LogP contribution >= 0.6 is 0 Å². The van der Waals surface area contributed by atoms with Crippen LogP contribution in [0.4, 0.5) is 17.6 Å². The number of aromatic nitrogens is 3. The van der Waals surface area contributed by atoms with E-state index in [2.05, 4.69) is 15.4 Å². The van der Waals surface area contributed by atoms with Crippen LogP contribution in [0.1, 0.15) is 32.9 Å². The summed E-state index contributed by atoms with van der Waals surface area (Å²) in [6.45, 7) is 1.57. The van der Waals surface area contributed by atoms with E-state index in [9.17, 15) is 22.4 Å². The molecule has 6 nitrogen and oxygen atoms in total. The highest BCUT2D eigenvalue weighted by atomic mass is 19.4. The summed E-state index contributed by atoms with van der Waals surface area (Å²) in [6, 6.07) is 5.59. The quantitative estimate of drug-likeness (QED) is 0.599. The minimum Gasteiger partial charge on any atom is -0.395 e. The molecule has 3 rings (SSSR count). The molecular formula is C20H18F4N4O2. The van der Waals surface area contributed by atoms with Crippen LogP contribution < -0.4 is 5.32 Å². The number of hydrogen-bond acceptors (Lipinski definition) is 4. The molecule has 30 heavy (non-hydrogen) atoms. The van der Waals surface area contributed by atoms with Crippen molar-refractivity contribution in [1.29, 1.82) is 0 Å². The van der Waals surface area contributed by atoms with E-state index >= 15 is 0 Å². The van der Waals surface area contributed by atoms with Crippen molar-refractivity contribution in [3.8, 4) is 5.69 Å². The zero-order valence-corrected chi connectivity index (χ0v) is 15.9. The first-order valence-electron chi connectivity index (χ1n) is 8.94. The van der Waals surface area contributed by atoms with Gasteiger partial charge in [0.2, 0.25) is 0 Å². The van der Waals surface area contributed by atoms with E-state index in [-0.39, 0.29) is 31.0 Å². The van der Waals surface area contributed by atoms with Gasteiger partial charge in [-0.05, 0) is 42.8 Å². The molecule has 0 saturated carbocycles. The molecule has 1 amide bonds. The molecule has 2 aromatic heterocycles. The molecule has 0 aliphatic carbocycles. The molecule has 0 spiro atoms. The third-order valence-electron chi connectivity index (χ3n) is 4.28. The monoisotopic (exact) mass is 422 g/mol. The summed E-state index contributed by atoms with van der Waals surface area (Å²) < 4.78 is 53.8. The van der Waals surface area contributed by atoms with Crippen LogP contribution in [0.2, 0.25) is 0 Å². The van der Waals surface area contributed by atoms with Gasteiger partial charge in [-0.1, -0.05) is 0 Å². The van der Waals surface area contributed by atoms with E-state index in [0.717, 1.165) is 12.1 Å². The van der Waals surface area contributed by atoms with Crippen molar-refractivity contribution in [2.75, 3.05) is 13.2 Å². The van der Waals surface area contributed by atoms with E-state index in [4.69, 9.17) is 5.11 Å². The zero-order valence-electron chi connectivity index (χ0n) is 15.9. The van der Waals surface area contributed by atoms with Gasteiger partial charge in [-0.25, -0.2) is 9.07 Å². The molecule has 0 bridgehead atoms. The number of alkyl halides is 3. The number of carbonyl (C=O) groups excluding carboxylic acids is 1. The van der Waals surface area contributed by atoms with E-state index in [1.807, 2.05) is 0 Å². The number of aryl methyl sites for hydroxylation is 1. The minimum atomic E-state index is -4.65. The number of aliphatic hydroxyl groups excluding tert-OH is 1. The third kappa shape index (κ3) is 5.01. The Morgan fingerprint density at radius 2 is 2.00 bits per heavy atom. The molecule has 3 aromatic rings. The predicted octanol–water partition coefficient (Wildman–Crippen LogP) is 3.05. The minimum absolute atomic E-state index is 0.0151. The number of hydrogen-bond donors (Lipinski definition) is 2. The standard InChI is InChI=1S/C20H18F4N4O2/c1-12-18(19(30)26-4-5-29)11-28(27-12)17-2-3-25-16(10-17)8-13-6-14(20(22,23)24)9-15(21)7-13/h2-3,6-7,9-11,29H,4-5,8H2,1H3,(H,26,30). The van der Waals surface area contributed by atoms with Gasteiger partial charge in [0.05, 0.1) is 29.1 Å². The number of aliphatic hydroxyl groups is 1. The highest BCUT2D eigenvalue weighted by Crippen LogP contribution is 2.31. The Hall–Kier alpha value is -3.27. The number of halogens is 4. The van der Waals surface area contributed by atoms with Crippen molar-refractivity contribution in [3.05, 3.63) is 76.6 Å². The van der Waals surface area contributed by atoms with Crippen LogP contribution in [0.25, 0.3) is 5.69 Å². The van der Waals surface area contributed by atoms with Crippen LogP contribution in [-0.4, -0.2) is 38.9 Å². The number of benzene rings is 1. The maximum Gasteiger partial charge on any atom is 0.416 e. The van der Waals surface area contributed by atoms with Crippen LogP contribution in [0.15, 0.2) is 42.7 Å². The average molecular weight is 422 g/mol. The lowest BCUT2D eigenvalue weighted by Gasteiger charge is -2.10. The second kappa shape index (κ2) is 8.62. The van der Waals surface area contributed by atoms with Crippen molar-refractivity contribution in [1.82, 2.24) is 20.1 Å². The van der Waals surface area contributed by atoms with Gasteiger partial charge in [0.25, 0.3) is 5.91 Å². The summed E-state index contributed by atoms with van der Waals surface area (Å²) in [7, 11) is 0. The summed E-state index contributed by atoms with van der Waals surface area (Å²) >= 11 is 0. The lowest BCUT2D eigenvalue weighted by Crippen LogP contribution is -2.26. The summed E-state index contributed by atoms with van der Waals surface area (Å²) in [5.74, 6) is -1.36. The van der Waals surface area contributed by atoms with Crippen molar-refractivity contribution in [2.45, 2.75) is 19.5 Å². The topological polar surface area (TPSA) is 80.0 Å². The molecule has 0 radical (unpaired) electrons. The Morgan fingerprint density at radius 1 is 1.23 bits per heavy atom. The highest BCUT2D eigenvalue weighted by molar-refractivity contribution is 5.95. The molecule has 0 fully saturated rings. The lowest BCUT2D eigenvalue weighted by atomic mass is 10.0. The normalized spacial score (nSPS) is 11.5. The number of nitrogens with zero attached hydrogens (tertiary/aromatic N) is 3. The van der Waals surface area contributed by atoms with Crippen molar-refractivity contribution in [3.63, 3.8) is 0 Å². The molecule has 2 heterocycles. The first-order chi connectivity index (χ1) is 14.2. The van der Waals surface area contributed by atoms with Crippen LogP contribution in [0.5, 0.6) is 0 Å². The Balaban J connectivity index is 1.86. The molecule has 0 aliphatic heterocycles. The van der Waals surface area contributed by atoms with Crippen molar-refractivity contribution in [2.24, 2.45) is 0 Å². The number of carbonyl (C=O) groups is 1. The largest absolute Gasteiger partial charge is 0.416 e. The fourth-order valence-electron chi connectivity index (χ4n) is 2.91. The van der Waals surface area contributed by atoms with Gasteiger partial charge >= 0.3 is 6.18 Å². The van der Waals surface area contributed by atoms with E-state index in [1.54, 1.807) is 19.1 Å². The van der Waals surface area contributed by atoms with Gasteiger partial charge < -0.3 is 10.4 Å². The van der Waals surface area contributed by atoms with E-state index in [1.165, 1.54) is 17.1 Å². The van der Waals surface area contributed by atoms with Gasteiger partial charge in [-0.15, -0.1) is 0 Å². The van der Waals surface area contributed by atoms with Gasteiger partial charge in [0.15, 0.2) is 0 Å². The smallest absolute Gasteiger partial charge is 0.395 e. The van der Waals surface area contributed by atoms with Crippen LogP contribution in [-0.2, 0) is 12.6 Å². The fourth-order valence-corrected chi connectivity index (χ4v) is 2.91. The van der Waals surface area contributed by atoms with Crippen LogP contribution in [0, 0.1) is 12.7 Å². The molecular weight excluding hydrogens is 404 g/mol. The highest BCUT2D eigenvalue weighted by Gasteiger charge is 2.31. The Morgan fingerprint density at radius 3 is 2.70 bits per heavy atom. The molecule has 0 saturated heterocycles. The third-order valence-corrected chi connectivity index (χ3v) is 4.28. The predicted molar refractivity (Wildman–Crippen MR) is 99.7 cm³/mol. The summed E-state index contributed by atoms with van der Waals surface area (Å²) in [5.41, 5.74) is 0.801. The molecule has 10 heteroatoms. The number of rotatable bonds is 6. The Bertz CT molecular complexity index is 1060. The van der Waals surface area contributed by atoms with Crippen molar-refractivity contribution < 1.29 is 27.5 Å². The van der Waals surface area contributed by atoms with Crippen LogP contribution in [0.3, 0.4) is 0 Å². The molecule has 158 valence electrons. The summed E-state index contributed by atoms with van der Waals surface area (Å²) in [4.78, 5) is 16.2. The number of nitrogens with one attached hydrogen (secondary N) is 1. The molecule has 0 atom stereocenters. The second-order valence-electron chi connectivity index (χ2n) is 6.58. The van der Waals surface area contributed by atoms with E-state index < -0.39 is 17.6 Å². The van der Waals surface area contributed by atoms with Gasteiger partial charge in [0, 0.05) is 31.1 Å². The second-order valence-corrected chi connectivity index (χ2v) is 6.58. The molecule has 0 aliphatic rings. The van der Waals surface area contributed by atoms with Gasteiger partial charge in [0.1, 0.15) is 5.82 Å². The maximum atomic E-state index is 13.6. The first-order valence-corrected chi connectivity index (χ1v) is 8.94.